The van der Waals surface area contributed by atoms with Gasteiger partial charge in [0.2, 0.25) is 1.43 Å². The van der Waals surface area contributed by atoms with E-state index in [1.54, 1.807) is 0 Å². The minimum atomic E-state index is -0.506. The van der Waals surface area contributed by atoms with Crippen LogP contribution in [0.4, 0.5) is 0 Å². The lowest BCUT2D eigenvalue weighted by Gasteiger charge is -2.44. The van der Waals surface area contributed by atoms with Gasteiger partial charge in [-0.2, -0.15) is 5.06 Å². The van der Waals surface area contributed by atoms with Crippen molar-refractivity contribution in [2.75, 3.05) is 6.61 Å². The topological polar surface area (TPSA) is 93.6 Å². The van der Waals surface area contributed by atoms with Gasteiger partial charge in [0.05, 0.1) is 18.2 Å². The van der Waals surface area contributed by atoms with Crippen molar-refractivity contribution in [1.82, 2.24) is 5.06 Å². The first-order valence-corrected chi connectivity index (χ1v) is 13.7. The summed E-state index contributed by atoms with van der Waals surface area (Å²) in [7, 11) is 0. The van der Waals surface area contributed by atoms with Crippen molar-refractivity contribution in [3.05, 3.63) is 76.7 Å². The summed E-state index contributed by atoms with van der Waals surface area (Å²) in [5.41, 5.74) is 8.06. The number of hydroxylamine groups is 2. The second-order valence-electron chi connectivity index (χ2n) is 7.73. The molecule has 2 rings (SSSR count). The van der Waals surface area contributed by atoms with Gasteiger partial charge in [0.15, 0.2) is 0 Å². The number of nitrogens with zero attached hydrogens (tertiary/aromatic N) is 2. The average Bonchev–Trinajstić information content (AvgIpc) is 2.81. The van der Waals surface area contributed by atoms with Gasteiger partial charge in [0.1, 0.15) is 12.5 Å². The minimum Gasteiger partial charge on any atom is -0.412 e. The molecule has 30 heavy (non-hydrogen) atoms. The van der Waals surface area contributed by atoms with Crippen LogP contribution in [0.5, 0.6) is 0 Å². The SMILES string of the molecule is CC(ON(C(c1ccccc1)C(C)C)C(C)(C)CO)c1ccccc1.O=NPI.[3H]O. The average molecular weight is 550 g/mol. The standard InChI is InChI=1S/C22H31NO2.HINOP.H2O/c1-17(2)21(20-14-10-7-11-15-20)23(22(4,5)16-24)25-18(3)19-12-8-6-9-13-19;1-4-2-3;/h6-15,17-18,21,24H,16H2,1-5H3;4H;1H2/i/hT. The van der Waals surface area contributed by atoms with E-state index in [4.69, 9.17) is 16.7 Å². The molecule has 0 saturated heterocycles. The van der Waals surface area contributed by atoms with E-state index < -0.39 is 5.54 Å². The van der Waals surface area contributed by atoms with Crippen LogP contribution in [-0.2, 0) is 4.84 Å². The van der Waals surface area contributed by atoms with Crippen molar-refractivity contribution in [3.8, 4) is 0 Å². The summed E-state index contributed by atoms with van der Waals surface area (Å²) < 4.78 is 4.75. The lowest BCUT2D eigenvalue weighted by Crippen LogP contribution is -2.50. The molecule has 0 spiro atoms. The maximum Gasteiger partial charge on any atom is 0.206 e. The highest BCUT2D eigenvalue weighted by Crippen LogP contribution is 2.37. The Morgan fingerprint density at radius 1 is 1.10 bits per heavy atom. The van der Waals surface area contributed by atoms with E-state index in [2.05, 4.69) is 62.1 Å². The van der Waals surface area contributed by atoms with Crippen molar-refractivity contribution in [2.24, 2.45) is 10.9 Å². The maximum atomic E-state index is 10.0. The quantitative estimate of drug-likeness (QED) is 0.179. The van der Waals surface area contributed by atoms with Crippen molar-refractivity contribution >= 4 is 28.4 Å². The highest BCUT2D eigenvalue weighted by Gasteiger charge is 2.37. The van der Waals surface area contributed by atoms with Gasteiger partial charge < -0.3 is 10.6 Å². The Morgan fingerprint density at radius 2 is 1.53 bits per heavy atom. The third-order valence-corrected chi connectivity index (χ3v) is 5.24. The van der Waals surface area contributed by atoms with Gasteiger partial charge in [-0.3, -0.25) is 4.84 Å². The summed E-state index contributed by atoms with van der Waals surface area (Å²) in [6.45, 7) is 10.5. The Morgan fingerprint density at radius 3 is 1.90 bits per heavy atom. The Balaban J connectivity index is 0.00000134. The van der Waals surface area contributed by atoms with Gasteiger partial charge >= 0.3 is 0 Å². The van der Waals surface area contributed by atoms with Gasteiger partial charge in [0, 0.05) is 0 Å². The number of halogens is 1. The zero-order chi connectivity index (χ0) is 23.9. The smallest absolute Gasteiger partial charge is 0.206 e. The number of rotatable bonds is 9. The number of nitroso groups, excluding NO2 is 1. The number of aliphatic hydroxyl groups excluding tert-OH is 1. The molecule has 2 aromatic rings. The molecule has 0 aromatic heterocycles. The van der Waals surface area contributed by atoms with E-state index in [1.165, 1.54) is 5.56 Å². The molecular weight excluding hydrogens is 514 g/mol. The van der Waals surface area contributed by atoms with Crippen LogP contribution in [-0.4, -0.2) is 27.8 Å². The molecule has 8 heteroatoms. The van der Waals surface area contributed by atoms with Crippen LogP contribution >= 0.6 is 28.4 Å². The van der Waals surface area contributed by atoms with E-state index in [9.17, 15) is 5.11 Å². The molecule has 3 unspecified atom stereocenters. The van der Waals surface area contributed by atoms with Crippen LogP contribution in [0.25, 0.3) is 0 Å². The number of benzene rings is 2. The number of hydrogen-bond donors (Lipinski definition) is 1. The van der Waals surface area contributed by atoms with Crippen LogP contribution < -0.4 is 0 Å². The van der Waals surface area contributed by atoms with Crippen molar-refractivity contribution in [1.29, 1.82) is 0 Å². The molecule has 6 nitrogen and oxygen atoms in total. The fourth-order valence-electron chi connectivity index (χ4n) is 3.05. The first kappa shape index (κ1) is 27.1. The number of hydrogen-bond acceptors (Lipinski definition) is 5. The molecule has 2 aromatic carbocycles. The zero-order valence-electron chi connectivity index (χ0n) is 19.2. The largest absolute Gasteiger partial charge is 0.412 e. The van der Waals surface area contributed by atoms with Gasteiger partial charge in [-0.15, -0.1) is 4.91 Å². The molecule has 0 bridgehead atoms. The fourth-order valence-corrected chi connectivity index (χ4v) is 3.05. The molecule has 0 radical (unpaired) electrons. The molecule has 0 aliphatic carbocycles. The summed E-state index contributed by atoms with van der Waals surface area (Å²) in [6, 6.07) is 20.6. The van der Waals surface area contributed by atoms with Crippen LogP contribution in [0.1, 0.15) is 59.3 Å². The van der Waals surface area contributed by atoms with E-state index >= 15 is 0 Å². The van der Waals surface area contributed by atoms with Crippen LogP contribution in [0, 0.1) is 10.8 Å². The van der Waals surface area contributed by atoms with E-state index in [1.807, 2.05) is 65.2 Å². The van der Waals surface area contributed by atoms with Gasteiger partial charge in [-0.25, -0.2) is 0 Å². The fraction of sp³-hybridized carbons (Fsp3) is 0.455. The van der Waals surface area contributed by atoms with Gasteiger partial charge in [-0.05, 0) is 64.8 Å². The number of aliphatic hydroxyl groups is 1. The van der Waals surface area contributed by atoms with E-state index in [0.29, 0.717) is 5.92 Å². The highest BCUT2D eigenvalue weighted by molar-refractivity contribution is 14.2. The van der Waals surface area contributed by atoms with Crippen LogP contribution in [0.3, 0.4) is 0 Å². The zero-order valence-corrected chi connectivity index (χ0v) is 21.4. The maximum absolute atomic E-state index is 10.0. The molecule has 0 saturated carbocycles. The summed E-state index contributed by atoms with van der Waals surface area (Å²) >= 11 is 1.90. The molecule has 0 heterocycles. The second-order valence-corrected chi connectivity index (χ2v) is 9.53. The summed E-state index contributed by atoms with van der Waals surface area (Å²) in [5.74, 6) is 0.330. The van der Waals surface area contributed by atoms with Gasteiger partial charge in [-0.1, -0.05) is 74.5 Å². The minimum absolute atomic E-state index is 0.0184. The van der Waals surface area contributed by atoms with Crippen molar-refractivity contribution < 1.29 is 16.9 Å². The van der Waals surface area contributed by atoms with E-state index in [-0.39, 0.29) is 25.1 Å². The Bertz CT molecular complexity index is 711. The third-order valence-electron chi connectivity index (χ3n) is 4.58. The van der Waals surface area contributed by atoms with Crippen molar-refractivity contribution in [2.45, 2.75) is 52.3 Å². The predicted molar refractivity (Wildman–Crippen MR) is 135 cm³/mol. The predicted octanol–water partition coefficient (Wildman–Crippen LogP) is 6.02. The summed E-state index contributed by atoms with van der Waals surface area (Å²) in [4.78, 5) is 17.9. The normalized spacial score (nSPS) is 13.7. The second kappa shape index (κ2) is 14.9. The van der Waals surface area contributed by atoms with Crippen LogP contribution in [0.15, 0.2) is 65.6 Å². The highest BCUT2D eigenvalue weighted by atomic mass is 127. The third kappa shape index (κ3) is 9.04. The first-order valence-electron chi connectivity index (χ1n) is 10.1. The van der Waals surface area contributed by atoms with Gasteiger partial charge in [0.25, 0.3) is 0 Å². The lowest BCUT2D eigenvalue weighted by atomic mass is 9.92. The van der Waals surface area contributed by atoms with Crippen molar-refractivity contribution in [3.63, 3.8) is 0 Å². The Hall–Kier alpha value is -0.960. The molecule has 3 atom stereocenters. The van der Waals surface area contributed by atoms with E-state index in [0.717, 1.165) is 5.56 Å². The summed E-state index contributed by atoms with van der Waals surface area (Å²) in [5, 5.41) is 12.0. The molecule has 168 valence electrons. The summed E-state index contributed by atoms with van der Waals surface area (Å²) in [6.07, 6.45) is 0.0799. The monoisotopic (exact) mass is 550 g/mol. The van der Waals surface area contributed by atoms with Crippen LogP contribution in [0.2, 0.25) is 0 Å². The first-order chi connectivity index (χ1) is 14.8. The molecule has 3 N–H and O–H groups in total. The molecule has 0 aliphatic rings. The Labute approximate surface area is 196 Å². The molecule has 0 aliphatic heterocycles. The molecule has 0 amide bonds. The Kier molecular flexibility index (Phi) is 13.5. The molecule has 0 fully saturated rings. The lowest BCUT2D eigenvalue weighted by molar-refractivity contribution is -0.282. The molecular formula is C22H34IN2O4P.